The highest BCUT2D eigenvalue weighted by Crippen LogP contribution is 2.32. The molecule has 8 heteroatoms. The average Bonchev–Trinajstić information content (AvgIpc) is 2.60. The summed E-state index contributed by atoms with van der Waals surface area (Å²) in [7, 11) is 0. The van der Waals surface area contributed by atoms with Crippen molar-refractivity contribution >= 4 is 48.0 Å². The molecule has 0 aromatic heterocycles. The Balaban J connectivity index is 1.85. The molecule has 2 N–H and O–H groups in total. The Bertz CT molecular complexity index is 917. The number of carbonyl (C=O) groups excluding carboxylic acids is 4. The molecule has 0 bridgehead atoms. The minimum Gasteiger partial charge on any atom is -0.352 e. The van der Waals surface area contributed by atoms with E-state index in [2.05, 4.69) is 10.6 Å². The molecule has 7 nitrogen and oxygen atoms in total. The summed E-state index contributed by atoms with van der Waals surface area (Å²) >= 11 is -0.615. The quantitative estimate of drug-likeness (QED) is 0.479. The number of nitrogens with zero attached hydrogens (tertiary/aromatic N) is 1. The first-order chi connectivity index (χ1) is 13.6. The molecule has 0 spiro atoms. The number of rotatable bonds is 4. The maximum Gasteiger partial charge on any atom is 0.260 e. The van der Waals surface area contributed by atoms with Gasteiger partial charge in [0.05, 0.1) is 9.20 Å². The zero-order valence-electron chi connectivity index (χ0n) is 17.1. The van der Waals surface area contributed by atoms with Crippen molar-refractivity contribution in [3.05, 3.63) is 32.9 Å². The van der Waals surface area contributed by atoms with Crippen LogP contribution in [-0.4, -0.2) is 38.2 Å². The molecule has 1 fully saturated rings. The molecule has 3 rings (SSSR count). The second-order valence-electron chi connectivity index (χ2n) is 8.52. The summed E-state index contributed by atoms with van der Waals surface area (Å²) in [5.74, 6) is -1.00. The molecule has 0 radical (unpaired) electrons. The van der Waals surface area contributed by atoms with Gasteiger partial charge in [-0.25, -0.2) is 0 Å². The largest absolute Gasteiger partial charge is 0.352 e. The fourth-order valence-electron chi connectivity index (χ4n) is 3.51. The number of hydrogen-bond donors (Lipinski definition) is 2. The number of amides is 4. The number of nitrogens with one attached hydrogen (secondary N) is 2. The molecular weight excluding hydrogens is 485 g/mol. The summed E-state index contributed by atoms with van der Waals surface area (Å²) < 4.78 is 1.89. The van der Waals surface area contributed by atoms with E-state index in [1.54, 1.807) is 4.90 Å². The van der Waals surface area contributed by atoms with E-state index in [0.717, 1.165) is 12.8 Å². The van der Waals surface area contributed by atoms with Crippen LogP contribution in [-0.2, 0) is 20.9 Å². The zero-order chi connectivity index (χ0) is 21.3. The van der Waals surface area contributed by atoms with Crippen molar-refractivity contribution in [2.24, 2.45) is 5.41 Å². The summed E-state index contributed by atoms with van der Waals surface area (Å²) in [5.41, 5.74) is 1.24. The standard InChI is InChI=1S/C21H26IN3O4/c1-12-22-14-7-5-6-13(11-23-17(27)10-21(2,3)4)18(14)20(29)25(12)15-8-9-16(26)24-19(15)28/h5-7,15H,8-11H2,1-4H3,(H,23,27)(H,24,26,28). The maximum atomic E-state index is 13.4. The third-order valence-electron chi connectivity index (χ3n) is 4.79. The van der Waals surface area contributed by atoms with Crippen LogP contribution in [0.25, 0.3) is 0 Å². The number of benzene rings is 1. The summed E-state index contributed by atoms with van der Waals surface area (Å²) in [6.07, 6.45) is 0.957. The van der Waals surface area contributed by atoms with E-state index in [-0.39, 0.29) is 36.1 Å². The smallest absolute Gasteiger partial charge is 0.260 e. The summed E-state index contributed by atoms with van der Waals surface area (Å²) in [6, 6.07) is 5.05. The fraction of sp³-hybridized carbons (Fsp3) is 0.476. The number of piperidine rings is 1. The Hall–Kier alpha value is -2.10. The van der Waals surface area contributed by atoms with Gasteiger partial charge in [-0.2, -0.15) is 0 Å². The van der Waals surface area contributed by atoms with Gasteiger partial charge in [0.15, 0.2) is 0 Å². The van der Waals surface area contributed by atoms with Crippen molar-refractivity contribution < 1.29 is 19.2 Å². The molecule has 0 saturated carbocycles. The van der Waals surface area contributed by atoms with E-state index in [4.69, 9.17) is 0 Å². The highest BCUT2D eigenvalue weighted by Gasteiger charge is 2.39. The number of carbonyl (C=O) groups is 4. The molecule has 29 heavy (non-hydrogen) atoms. The van der Waals surface area contributed by atoms with E-state index >= 15 is 0 Å². The van der Waals surface area contributed by atoms with Gasteiger partial charge in [0, 0.05) is 23.0 Å². The fourth-order valence-corrected chi connectivity index (χ4v) is 6.40. The minimum absolute atomic E-state index is 0.0576. The monoisotopic (exact) mass is 511 g/mol. The lowest BCUT2D eigenvalue weighted by molar-refractivity contribution is -0.136. The zero-order valence-corrected chi connectivity index (χ0v) is 19.3. The lowest BCUT2D eigenvalue weighted by atomic mass is 9.92. The van der Waals surface area contributed by atoms with E-state index in [1.807, 2.05) is 45.9 Å². The van der Waals surface area contributed by atoms with Crippen LogP contribution >= 0.6 is 20.7 Å². The van der Waals surface area contributed by atoms with Gasteiger partial charge in [-0.3, -0.25) is 29.4 Å². The van der Waals surface area contributed by atoms with Gasteiger partial charge < -0.3 is 5.32 Å². The van der Waals surface area contributed by atoms with Gasteiger partial charge in [-0.05, 0) is 30.4 Å². The summed E-state index contributed by atoms with van der Waals surface area (Å²) in [5, 5.41) is 5.26. The third-order valence-corrected chi connectivity index (χ3v) is 7.57. The summed E-state index contributed by atoms with van der Waals surface area (Å²) in [4.78, 5) is 51.0. The van der Waals surface area contributed by atoms with Crippen LogP contribution in [0.15, 0.2) is 18.2 Å². The molecule has 0 aliphatic carbocycles. The van der Waals surface area contributed by atoms with Gasteiger partial charge in [-0.1, -0.05) is 53.6 Å². The predicted octanol–water partition coefficient (Wildman–Crippen LogP) is 2.29. The topological polar surface area (TPSA) is 95.6 Å². The van der Waals surface area contributed by atoms with Gasteiger partial charge in [0.1, 0.15) is 6.04 Å². The minimum atomic E-state index is -0.656. The predicted molar refractivity (Wildman–Crippen MR) is 118 cm³/mol. The molecule has 1 unspecified atom stereocenters. The Kier molecular flexibility index (Phi) is 6.21. The van der Waals surface area contributed by atoms with Gasteiger partial charge >= 0.3 is 0 Å². The van der Waals surface area contributed by atoms with Crippen LogP contribution in [0.5, 0.6) is 0 Å². The Morgan fingerprint density at radius 2 is 2.00 bits per heavy atom. The highest BCUT2D eigenvalue weighted by molar-refractivity contribution is 14.2. The molecular formula is C21H26IN3O4. The maximum absolute atomic E-state index is 13.4. The molecule has 156 valence electrons. The number of imide groups is 1. The molecule has 1 aromatic rings. The van der Waals surface area contributed by atoms with Crippen molar-refractivity contribution in [3.63, 3.8) is 0 Å². The molecule has 2 aliphatic heterocycles. The molecule has 2 aliphatic rings. The van der Waals surface area contributed by atoms with Crippen LogP contribution in [0, 0.1) is 8.99 Å². The number of hydrogen-bond acceptors (Lipinski definition) is 4. The Labute approximate surface area is 180 Å². The molecule has 4 amide bonds. The highest BCUT2D eigenvalue weighted by atomic mass is 127. The number of halogens is 1. The first kappa shape index (κ1) is 21.6. The first-order valence-electron chi connectivity index (χ1n) is 9.61. The van der Waals surface area contributed by atoms with Crippen molar-refractivity contribution in [1.29, 1.82) is 0 Å². The second-order valence-corrected chi connectivity index (χ2v) is 11.8. The molecule has 2 heterocycles. The second kappa shape index (κ2) is 8.33. The van der Waals surface area contributed by atoms with Gasteiger partial charge in [-0.15, -0.1) is 0 Å². The van der Waals surface area contributed by atoms with Crippen LogP contribution < -0.4 is 10.6 Å². The van der Waals surface area contributed by atoms with E-state index in [9.17, 15) is 19.2 Å². The van der Waals surface area contributed by atoms with Crippen molar-refractivity contribution in [2.75, 3.05) is 0 Å². The molecule has 1 aromatic carbocycles. The normalized spacial score (nSPS) is 19.7. The number of fused-ring (bicyclic) bond motifs is 1. The van der Waals surface area contributed by atoms with Crippen molar-refractivity contribution in [2.45, 2.75) is 59.5 Å². The van der Waals surface area contributed by atoms with Crippen molar-refractivity contribution in [3.8, 4) is 0 Å². The summed E-state index contributed by atoms with van der Waals surface area (Å²) in [6.45, 7) is 8.16. The average molecular weight is 511 g/mol. The van der Waals surface area contributed by atoms with E-state index in [1.165, 1.54) is 0 Å². The lowest BCUT2D eigenvalue weighted by Crippen LogP contribution is -2.56. The van der Waals surface area contributed by atoms with E-state index < -0.39 is 32.7 Å². The molecule has 1 saturated heterocycles. The Morgan fingerprint density at radius 1 is 1.28 bits per heavy atom. The van der Waals surface area contributed by atoms with Crippen LogP contribution in [0.1, 0.15) is 62.9 Å². The van der Waals surface area contributed by atoms with Crippen LogP contribution in [0.3, 0.4) is 0 Å². The van der Waals surface area contributed by atoms with Gasteiger partial charge in [0.25, 0.3) is 5.91 Å². The van der Waals surface area contributed by atoms with Crippen molar-refractivity contribution in [1.82, 2.24) is 15.5 Å². The SMILES string of the molecule is CC1=Ic2cccc(CNC(=O)CC(C)(C)C)c2C(=O)N1C1CCC(=O)NC1=O. The first-order valence-corrected chi connectivity index (χ1v) is 11.8. The van der Waals surface area contributed by atoms with E-state index in [0.29, 0.717) is 18.4 Å². The third kappa shape index (κ3) is 4.91. The molecule has 1 atom stereocenters. The van der Waals surface area contributed by atoms with Crippen LogP contribution in [0.4, 0.5) is 0 Å². The van der Waals surface area contributed by atoms with Crippen LogP contribution in [0.2, 0.25) is 0 Å². The van der Waals surface area contributed by atoms with Gasteiger partial charge in [0.2, 0.25) is 17.7 Å². The lowest BCUT2D eigenvalue weighted by Gasteiger charge is -2.36. The Morgan fingerprint density at radius 3 is 2.66 bits per heavy atom.